The van der Waals surface area contributed by atoms with Gasteiger partial charge in [-0.05, 0) is 26.2 Å². The van der Waals surface area contributed by atoms with Gasteiger partial charge in [-0.3, -0.25) is 4.79 Å². The van der Waals surface area contributed by atoms with Crippen LogP contribution >= 0.6 is 0 Å². The van der Waals surface area contributed by atoms with Crippen molar-refractivity contribution in [1.82, 2.24) is 10.1 Å². The van der Waals surface area contributed by atoms with Crippen LogP contribution in [0, 0.1) is 0 Å². The van der Waals surface area contributed by atoms with Gasteiger partial charge in [0.25, 0.3) is 5.91 Å². The number of aromatic nitrogens is 1. The normalized spacial score (nSPS) is 26.5. The molecule has 0 aliphatic carbocycles. The van der Waals surface area contributed by atoms with Crippen molar-refractivity contribution in [1.29, 1.82) is 0 Å². The first-order valence-electron chi connectivity index (χ1n) is 5.50. The Balaban J connectivity index is 2.03. The van der Waals surface area contributed by atoms with Crippen LogP contribution in [0.4, 0.5) is 0 Å². The topological polar surface area (TPSA) is 66.6 Å². The second-order valence-corrected chi connectivity index (χ2v) is 4.53. The molecule has 2 heterocycles. The van der Waals surface area contributed by atoms with Gasteiger partial charge in [0.05, 0.1) is 5.60 Å². The van der Waals surface area contributed by atoms with Crippen LogP contribution < -0.4 is 0 Å². The molecule has 1 atom stereocenters. The summed E-state index contributed by atoms with van der Waals surface area (Å²) < 4.78 is 4.65. The lowest BCUT2D eigenvalue weighted by Crippen LogP contribution is -2.33. The van der Waals surface area contributed by atoms with E-state index in [-0.39, 0.29) is 5.91 Å². The van der Waals surface area contributed by atoms with E-state index < -0.39 is 5.60 Å². The molecule has 1 aliphatic rings. The Kier molecular flexibility index (Phi) is 2.96. The molecule has 1 fully saturated rings. The summed E-state index contributed by atoms with van der Waals surface area (Å²) in [6, 6.07) is 1.56. The lowest BCUT2D eigenvalue weighted by Gasteiger charge is -2.21. The Hall–Kier alpha value is -1.36. The molecule has 1 aliphatic heterocycles. The van der Waals surface area contributed by atoms with E-state index in [1.807, 2.05) is 6.92 Å². The Morgan fingerprint density at radius 3 is 3.06 bits per heavy atom. The third-order valence-corrected chi connectivity index (χ3v) is 3.01. The molecule has 5 heteroatoms. The summed E-state index contributed by atoms with van der Waals surface area (Å²) in [6.45, 7) is 3.05. The number of rotatable bonds is 1. The molecule has 1 amide bonds. The molecule has 1 aromatic heterocycles. The summed E-state index contributed by atoms with van der Waals surface area (Å²) in [5, 5.41) is 13.5. The van der Waals surface area contributed by atoms with E-state index in [0.717, 1.165) is 12.8 Å². The Bertz CT molecular complexity index is 359. The van der Waals surface area contributed by atoms with Gasteiger partial charge in [-0.25, -0.2) is 0 Å². The van der Waals surface area contributed by atoms with Gasteiger partial charge < -0.3 is 14.5 Å². The summed E-state index contributed by atoms with van der Waals surface area (Å²) in [5.74, 6) is -0.119. The third kappa shape index (κ3) is 2.41. The van der Waals surface area contributed by atoms with Gasteiger partial charge in [-0.1, -0.05) is 5.16 Å². The average molecular weight is 224 g/mol. The molecule has 16 heavy (non-hydrogen) atoms. The molecule has 5 nitrogen and oxygen atoms in total. The Labute approximate surface area is 94.0 Å². The molecule has 1 saturated heterocycles. The van der Waals surface area contributed by atoms with E-state index in [4.69, 9.17) is 0 Å². The summed E-state index contributed by atoms with van der Waals surface area (Å²) in [4.78, 5) is 13.7. The minimum absolute atomic E-state index is 0.119. The van der Waals surface area contributed by atoms with Crippen molar-refractivity contribution in [3.05, 3.63) is 18.0 Å². The molecule has 1 N–H and O–H groups in total. The van der Waals surface area contributed by atoms with Crippen molar-refractivity contribution in [3.63, 3.8) is 0 Å². The summed E-state index contributed by atoms with van der Waals surface area (Å²) >= 11 is 0. The first-order chi connectivity index (χ1) is 7.58. The predicted molar refractivity (Wildman–Crippen MR) is 56.9 cm³/mol. The molecule has 2 rings (SSSR count). The van der Waals surface area contributed by atoms with Crippen LogP contribution in [0.3, 0.4) is 0 Å². The van der Waals surface area contributed by atoms with Crippen molar-refractivity contribution in [2.45, 2.75) is 31.8 Å². The van der Waals surface area contributed by atoms with Crippen LogP contribution in [0.2, 0.25) is 0 Å². The highest BCUT2D eigenvalue weighted by molar-refractivity contribution is 5.92. The van der Waals surface area contributed by atoms with Crippen LogP contribution in [0.25, 0.3) is 0 Å². The van der Waals surface area contributed by atoms with Gasteiger partial charge in [0.2, 0.25) is 0 Å². The van der Waals surface area contributed by atoms with Gasteiger partial charge in [0.15, 0.2) is 5.69 Å². The summed E-state index contributed by atoms with van der Waals surface area (Å²) in [6.07, 6.45) is 3.55. The largest absolute Gasteiger partial charge is 0.390 e. The molecular formula is C11H16N2O3. The van der Waals surface area contributed by atoms with E-state index >= 15 is 0 Å². The lowest BCUT2D eigenvalue weighted by atomic mass is 9.98. The van der Waals surface area contributed by atoms with Gasteiger partial charge in [0.1, 0.15) is 6.26 Å². The minimum atomic E-state index is -0.654. The van der Waals surface area contributed by atoms with Crippen molar-refractivity contribution in [3.8, 4) is 0 Å². The number of nitrogens with zero attached hydrogens (tertiary/aromatic N) is 2. The van der Waals surface area contributed by atoms with Crippen molar-refractivity contribution < 1.29 is 14.4 Å². The molecule has 1 aromatic rings. The van der Waals surface area contributed by atoms with Crippen LogP contribution in [0.5, 0.6) is 0 Å². The lowest BCUT2D eigenvalue weighted by molar-refractivity contribution is 0.0437. The number of amides is 1. The minimum Gasteiger partial charge on any atom is -0.390 e. The third-order valence-electron chi connectivity index (χ3n) is 3.01. The quantitative estimate of drug-likeness (QED) is 0.774. The first kappa shape index (κ1) is 11.1. The molecule has 0 aromatic carbocycles. The van der Waals surface area contributed by atoms with Crippen molar-refractivity contribution >= 4 is 5.91 Å². The number of carbonyl (C=O) groups is 1. The van der Waals surface area contributed by atoms with Gasteiger partial charge in [-0.15, -0.1) is 0 Å². The maximum Gasteiger partial charge on any atom is 0.276 e. The zero-order valence-electron chi connectivity index (χ0n) is 9.35. The fraction of sp³-hybridized carbons (Fsp3) is 0.636. The molecule has 1 unspecified atom stereocenters. The monoisotopic (exact) mass is 224 g/mol. The SMILES string of the molecule is CC1(O)CCCN(C(=O)c2ccon2)CC1. The van der Waals surface area contributed by atoms with E-state index in [2.05, 4.69) is 9.68 Å². The van der Waals surface area contributed by atoms with E-state index in [1.54, 1.807) is 11.0 Å². The zero-order chi connectivity index (χ0) is 11.6. The molecule has 0 radical (unpaired) electrons. The fourth-order valence-corrected chi connectivity index (χ4v) is 1.95. The van der Waals surface area contributed by atoms with Crippen molar-refractivity contribution in [2.75, 3.05) is 13.1 Å². The first-order valence-corrected chi connectivity index (χ1v) is 5.50. The van der Waals surface area contributed by atoms with Crippen molar-refractivity contribution in [2.24, 2.45) is 0 Å². The highest BCUT2D eigenvalue weighted by Gasteiger charge is 2.28. The zero-order valence-corrected chi connectivity index (χ0v) is 9.35. The smallest absolute Gasteiger partial charge is 0.276 e. The number of carbonyl (C=O) groups excluding carboxylic acids is 1. The fourth-order valence-electron chi connectivity index (χ4n) is 1.95. The van der Waals surface area contributed by atoms with Crippen LogP contribution in [0.15, 0.2) is 16.9 Å². The second kappa shape index (κ2) is 4.25. The Morgan fingerprint density at radius 2 is 2.38 bits per heavy atom. The Morgan fingerprint density at radius 1 is 1.56 bits per heavy atom. The summed E-state index contributed by atoms with van der Waals surface area (Å²) in [7, 11) is 0. The number of likely N-dealkylation sites (tertiary alicyclic amines) is 1. The van der Waals surface area contributed by atoms with Gasteiger partial charge in [-0.2, -0.15) is 0 Å². The molecule has 88 valence electrons. The van der Waals surface area contributed by atoms with Crippen LogP contribution in [0.1, 0.15) is 36.7 Å². The highest BCUT2D eigenvalue weighted by Crippen LogP contribution is 2.22. The molecule has 0 saturated carbocycles. The maximum absolute atomic E-state index is 11.9. The molecule has 0 bridgehead atoms. The highest BCUT2D eigenvalue weighted by atomic mass is 16.5. The van der Waals surface area contributed by atoms with E-state index in [0.29, 0.717) is 25.2 Å². The van der Waals surface area contributed by atoms with E-state index in [1.165, 1.54) is 6.26 Å². The molecule has 0 spiro atoms. The van der Waals surface area contributed by atoms with Gasteiger partial charge >= 0.3 is 0 Å². The second-order valence-electron chi connectivity index (χ2n) is 4.53. The molecular weight excluding hydrogens is 208 g/mol. The number of hydrogen-bond donors (Lipinski definition) is 1. The van der Waals surface area contributed by atoms with Gasteiger partial charge in [0, 0.05) is 19.2 Å². The number of aliphatic hydroxyl groups is 1. The average Bonchev–Trinajstić information content (AvgIpc) is 2.69. The summed E-state index contributed by atoms with van der Waals surface area (Å²) in [5.41, 5.74) is -0.319. The number of hydrogen-bond acceptors (Lipinski definition) is 4. The van der Waals surface area contributed by atoms with E-state index in [9.17, 15) is 9.90 Å². The maximum atomic E-state index is 11.9. The standard InChI is InChI=1S/C11H16N2O3/c1-11(15)4-2-6-13(7-5-11)10(14)9-3-8-16-12-9/h3,8,15H,2,4-7H2,1H3. The van der Waals surface area contributed by atoms with Crippen LogP contribution in [-0.2, 0) is 0 Å². The predicted octanol–water partition coefficient (Wildman–Crippen LogP) is 1.05. The van der Waals surface area contributed by atoms with Crippen LogP contribution in [-0.4, -0.2) is 39.8 Å².